The van der Waals surface area contributed by atoms with Gasteiger partial charge >= 0.3 is 0 Å². The molecule has 0 radical (unpaired) electrons. The molecular formula is C25H29N5O3. The Morgan fingerprint density at radius 1 is 1.30 bits per heavy atom. The van der Waals surface area contributed by atoms with Gasteiger partial charge in [-0.2, -0.15) is 5.26 Å². The van der Waals surface area contributed by atoms with Crippen LogP contribution in [0, 0.1) is 11.3 Å². The van der Waals surface area contributed by atoms with Gasteiger partial charge < -0.3 is 19.7 Å². The van der Waals surface area contributed by atoms with E-state index in [0.717, 1.165) is 16.8 Å². The summed E-state index contributed by atoms with van der Waals surface area (Å²) in [7, 11) is 1.60. The highest BCUT2D eigenvalue weighted by Crippen LogP contribution is 2.32. The second kappa shape index (κ2) is 9.59. The summed E-state index contributed by atoms with van der Waals surface area (Å²) in [5.74, 6) is 1.93. The minimum Gasteiger partial charge on any atom is -0.496 e. The minimum atomic E-state index is -0.0276. The highest BCUT2D eigenvalue weighted by Gasteiger charge is 2.27. The topological polar surface area (TPSA) is 100 Å². The molecule has 8 nitrogen and oxygen atoms in total. The number of fused-ring (bicyclic) bond motifs is 1. The smallest absolute Gasteiger partial charge is 0.254 e. The van der Waals surface area contributed by atoms with Gasteiger partial charge in [0.15, 0.2) is 0 Å². The van der Waals surface area contributed by atoms with Crippen LogP contribution < -0.4 is 10.1 Å². The lowest BCUT2D eigenvalue weighted by Gasteiger charge is -2.35. The standard InChI is InChI=1S/C25H29N5O3/c1-5-27-24-23-19(12-26)8-9-20(23)28-22(29-24)11-17-6-7-18(10-21(17)32-4)25(31)30-13-15(2)33-16(3)14-30/h6-8,10,15-16H,5,9,11,13-14H2,1-4H3,(H,27,28,29)/t15-,16+. The van der Waals surface area contributed by atoms with Gasteiger partial charge in [-0.3, -0.25) is 4.79 Å². The van der Waals surface area contributed by atoms with Crippen molar-refractivity contribution in [3.8, 4) is 11.8 Å². The van der Waals surface area contributed by atoms with Gasteiger partial charge in [0, 0.05) is 43.6 Å². The SMILES string of the molecule is CCNc1nc(Cc2ccc(C(=O)N3C[C@@H](C)O[C@@H](C)C3)cc2OC)nc2c1C(C#N)=CC2. The molecule has 1 aromatic carbocycles. The van der Waals surface area contributed by atoms with Gasteiger partial charge in [-0.15, -0.1) is 0 Å². The van der Waals surface area contributed by atoms with Gasteiger partial charge in [0.1, 0.15) is 17.4 Å². The third-order valence-corrected chi connectivity index (χ3v) is 5.85. The van der Waals surface area contributed by atoms with E-state index in [1.54, 1.807) is 13.2 Å². The van der Waals surface area contributed by atoms with E-state index in [-0.39, 0.29) is 18.1 Å². The molecule has 0 unspecified atom stereocenters. The molecule has 2 atom stereocenters. The van der Waals surface area contributed by atoms with Crippen LogP contribution in [0.2, 0.25) is 0 Å². The number of ether oxygens (including phenoxy) is 2. The largest absolute Gasteiger partial charge is 0.496 e. The van der Waals surface area contributed by atoms with Crippen molar-refractivity contribution in [3.05, 3.63) is 52.5 Å². The van der Waals surface area contributed by atoms with E-state index < -0.39 is 0 Å². The molecule has 1 fully saturated rings. The fourth-order valence-electron chi connectivity index (χ4n) is 4.49. The summed E-state index contributed by atoms with van der Waals surface area (Å²) in [4.78, 5) is 24.3. The van der Waals surface area contributed by atoms with Gasteiger partial charge in [0.05, 0.1) is 42.2 Å². The molecule has 1 amide bonds. The first-order valence-electron chi connectivity index (χ1n) is 11.3. The number of allylic oxidation sites excluding steroid dienone is 2. The van der Waals surface area contributed by atoms with E-state index in [4.69, 9.17) is 19.4 Å². The van der Waals surface area contributed by atoms with E-state index in [0.29, 0.717) is 61.0 Å². The molecule has 33 heavy (non-hydrogen) atoms. The highest BCUT2D eigenvalue weighted by molar-refractivity contribution is 5.95. The number of hydrogen-bond donors (Lipinski definition) is 1. The number of hydrogen-bond acceptors (Lipinski definition) is 7. The summed E-state index contributed by atoms with van der Waals surface area (Å²) in [6.45, 7) is 7.79. The zero-order valence-corrected chi connectivity index (χ0v) is 19.5. The van der Waals surface area contributed by atoms with Crippen molar-refractivity contribution in [2.45, 2.75) is 45.8 Å². The van der Waals surface area contributed by atoms with Crippen LogP contribution in [0.4, 0.5) is 5.82 Å². The van der Waals surface area contributed by atoms with Crippen molar-refractivity contribution < 1.29 is 14.3 Å². The second-order valence-electron chi connectivity index (χ2n) is 8.45. The molecule has 4 rings (SSSR count). The monoisotopic (exact) mass is 447 g/mol. The normalized spacial score (nSPS) is 19.5. The third kappa shape index (κ3) is 4.69. The molecule has 8 heteroatoms. The molecule has 172 valence electrons. The average molecular weight is 448 g/mol. The number of carbonyl (C=O) groups is 1. The van der Waals surface area contributed by atoms with Crippen LogP contribution in [0.3, 0.4) is 0 Å². The van der Waals surface area contributed by atoms with Crippen LogP contribution in [0.5, 0.6) is 5.75 Å². The summed E-state index contributed by atoms with van der Waals surface area (Å²) in [6, 6.07) is 7.76. The number of nitrogens with zero attached hydrogens (tertiary/aromatic N) is 4. The van der Waals surface area contributed by atoms with Gasteiger partial charge in [-0.25, -0.2) is 9.97 Å². The summed E-state index contributed by atoms with van der Waals surface area (Å²) < 4.78 is 11.4. The molecule has 2 heterocycles. The van der Waals surface area contributed by atoms with Crippen molar-refractivity contribution in [2.75, 3.05) is 32.1 Å². The lowest BCUT2D eigenvalue weighted by Crippen LogP contribution is -2.48. The van der Waals surface area contributed by atoms with E-state index in [9.17, 15) is 10.1 Å². The van der Waals surface area contributed by atoms with E-state index in [2.05, 4.69) is 11.4 Å². The highest BCUT2D eigenvalue weighted by atomic mass is 16.5. The first-order valence-corrected chi connectivity index (χ1v) is 11.3. The Morgan fingerprint density at radius 2 is 2.06 bits per heavy atom. The van der Waals surface area contributed by atoms with E-state index >= 15 is 0 Å². The first-order chi connectivity index (χ1) is 15.9. The van der Waals surface area contributed by atoms with Crippen LogP contribution in [0.1, 0.15) is 53.8 Å². The fraction of sp³-hybridized carbons (Fsp3) is 0.440. The second-order valence-corrected chi connectivity index (χ2v) is 8.45. The predicted octanol–water partition coefficient (Wildman–Crippen LogP) is 3.22. The quantitative estimate of drug-likeness (QED) is 0.726. The zero-order valence-electron chi connectivity index (χ0n) is 19.5. The Labute approximate surface area is 194 Å². The molecule has 2 aromatic rings. The molecular weight excluding hydrogens is 418 g/mol. The van der Waals surface area contributed by atoms with Crippen LogP contribution in [0.15, 0.2) is 24.3 Å². The molecule has 0 bridgehead atoms. The Bertz CT molecular complexity index is 1130. The molecule has 1 aromatic heterocycles. The van der Waals surface area contributed by atoms with Crippen LogP contribution in [0.25, 0.3) is 5.57 Å². The average Bonchev–Trinajstić information content (AvgIpc) is 3.21. The number of amides is 1. The number of anilines is 1. The van der Waals surface area contributed by atoms with Gasteiger partial charge in [-0.05, 0) is 32.9 Å². The van der Waals surface area contributed by atoms with Crippen LogP contribution in [-0.4, -0.2) is 59.7 Å². The Morgan fingerprint density at radius 3 is 2.73 bits per heavy atom. The van der Waals surface area contributed by atoms with Crippen molar-refractivity contribution in [1.29, 1.82) is 5.26 Å². The molecule has 0 saturated carbocycles. The van der Waals surface area contributed by atoms with E-state index in [1.807, 2.05) is 43.9 Å². The minimum absolute atomic E-state index is 0.0118. The third-order valence-electron chi connectivity index (χ3n) is 5.85. The molecule has 2 aliphatic rings. The number of nitriles is 1. The molecule has 0 spiro atoms. The van der Waals surface area contributed by atoms with Crippen molar-refractivity contribution >= 4 is 17.3 Å². The van der Waals surface area contributed by atoms with Crippen LogP contribution >= 0.6 is 0 Å². The summed E-state index contributed by atoms with van der Waals surface area (Å²) >= 11 is 0. The van der Waals surface area contributed by atoms with Crippen molar-refractivity contribution in [1.82, 2.24) is 14.9 Å². The lowest BCUT2D eigenvalue weighted by molar-refractivity contribution is -0.0586. The van der Waals surface area contributed by atoms with Crippen molar-refractivity contribution in [3.63, 3.8) is 0 Å². The number of nitrogens with one attached hydrogen (secondary N) is 1. The summed E-state index contributed by atoms with van der Waals surface area (Å²) in [6.07, 6.45) is 2.98. The first kappa shape index (κ1) is 22.7. The Hall–Kier alpha value is -3.44. The number of methoxy groups -OCH3 is 1. The Kier molecular flexibility index (Phi) is 6.61. The molecule has 1 N–H and O–H groups in total. The molecule has 1 aliphatic carbocycles. The maximum absolute atomic E-state index is 13.1. The lowest BCUT2D eigenvalue weighted by atomic mass is 10.0. The maximum Gasteiger partial charge on any atom is 0.254 e. The fourth-order valence-corrected chi connectivity index (χ4v) is 4.49. The molecule has 1 saturated heterocycles. The number of rotatable bonds is 6. The predicted molar refractivity (Wildman–Crippen MR) is 125 cm³/mol. The number of benzene rings is 1. The van der Waals surface area contributed by atoms with Crippen LogP contribution in [-0.2, 0) is 17.6 Å². The van der Waals surface area contributed by atoms with Gasteiger partial charge in [-0.1, -0.05) is 12.1 Å². The molecule has 1 aliphatic heterocycles. The summed E-state index contributed by atoms with van der Waals surface area (Å²) in [5.41, 5.74) is 3.74. The number of aromatic nitrogens is 2. The van der Waals surface area contributed by atoms with Gasteiger partial charge in [0.25, 0.3) is 5.91 Å². The number of carbonyl (C=O) groups excluding carboxylic acids is 1. The Balaban J connectivity index is 1.59. The zero-order chi connectivity index (χ0) is 23.5. The number of morpholine rings is 1. The van der Waals surface area contributed by atoms with E-state index in [1.165, 1.54) is 0 Å². The summed E-state index contributed by atoms with van der Waals surface area (Å²) in [5, 5.41) is 12.7. The maximum atomic E-state index is 13.1. The van der Waals surface area contributed by atoms with Crippen molar-refractivity contribution in [2.24, 2.45) is 0 Å². The van der Waals surface area contributed by atoms with Gasteiger partial charge in [0.2, 0.25) is 0 Å².